The van der Waals surface area contributed by atoms with Gasteiger partial charge in [0, 0.05) is 4.47 Å². The number of hydrogen-bond donors (Lipinski definition) is 1. The molecule has 76 valence electrons. The highest BCUT2D eigenvalue weighted by molar-refractivity contribution is 9.10. The Balaban J connectivity index is 2.92. The van der Waals surface area contributed by atoms with Gasteiger partial charge >= 0.3 is 6.09 Å². The van der Waals surface area contributed by atoms with Crippen LogP contribution in [0.25, 0.3) is 10.9 Å². The zero-order valence-electron chi connectivity index (χ0n) is 7.35. The largest absolute Gasteiger partial charge is 0.464 e. The Morgan fingerprint density at radius 1 is 1.47 bits per heavy atom. The summed E-state index contributed by atoms with van der Waals surface area (Å²) in [4.78, 5) is 26.2. The molecule has 1 heterocycles. The molecule has 6 heteroatoms. The summed E-state index contributed by atoms with van der Waals surface area (Å²) in [5.41, 5.74) is -0.131. The molecule has 0 spiro atoms. The monoisotopic (exact) mass is 268 g/mol. The lowest BCUT2D eigenvalue weighted by Gasteiger charge is -2.01. The van der Waals surface area contributed by atoms with Crippen molar-refractivity contribution in [1.82, 2.24) is 9.55 Å². The van der Waals surface area contributed by atoms with Crippen LogP contribution in [0.4, 0.5) is 4.79 Å². The van der Waals surface area contributed by atoms with Gasteiger partial charge in [-0.15, -0.1) is 0 Å². The van der Waals surface area contributed by atoms with Crippen molar-refractivity contribution in [3.05, 3.63) is 39.4 Å². The standard InChI is InChI=1S/C9H5BrN2O3/c10-6-3-1-2-5-7(6)11-4-12(8(5)13)9(14)15/h1-4H,(H,14,15). The van der Waals surface area contributed by atoms with Crippen LogP contribution in [0.3, 0.4) is 0 Å². The predicted molar refractivity (Wildman–Crippen MR) is 57.1 cm³/mol. The molecule has 15 heavy (non-hydrogen) atoms. The van der Waals surface area contributed by atoms with E-state index in [9.17, 15) is 9.59 Å². The van der Waals surface area contributed by atoms with Crippen molar-refractivity contribution in [2.24, 2.45) is 0 Å². The van der Waals surface area contributed by atoms with Crippen LogP contribution < -0.4 is 5.56 Å². The Morgan fingerprint density at radius 2 is 2.20 bits per heavy atom. The van der Waals surface area contributed by atoms with Crippen LogP contribution in [0.5, 0.6) is 0 Å². The molecule has 0 aliphatic heterocycles. The second kappa shape index (κ2) is 3.47. The quantitative estimate of drug-likeness (QED) is 0.789. The fourth-order valence-electron chi connectivity index (χ4n) is 1.25. The fraction of sp³-hybridized carbons (Fsp3) is 0. The number of hydrogen-bond acceptors (Lipinski definition) is 3. The van der Waals surface area contributed by atoms with Gasteiger partial charge in [0.1, 0.15) is 6.33 Å². The topological polar surface area (TPSA) is 72.2 Å². The first kappa shape index (κ1) is 9.85. The van der Waals surface area contributed by atoms with E-state index in [1.54, 1.807) is 12.1 Å². The van der Waals surface area contributed by atoms with Gasteiger partial charge in [0.15, 0.2) is 0 Å². The van der Waals surface area contributed by atoms with Crippen molar-refractivity contribution >= 4 is 32.9 Å². The minimum absolute atomic E-state index is 0.272. The summed E-state index contributed by atoms with van der Waals surface area (Å²) in [6.45, 7) is 0. The predicted octanol–water partition coefficient (Wildman–Crippen LogP) is 1.69. The molecular weight excluding hydrogens is 264 g/mol. The molecular formula is C9H5BrN2O3. The van der Waals surface area contributed by atoms with E-state index < -0.39 is 11.7 Å². The van der Waals surface area contributed by atoms with Gasteiger partial charge in [0.25, 0.3) is 5.56 Å². The van der Waals surface area contributed by atoms with Crippen LogP contribution in [-0.2, 0) is 0 Å². The number of carbonyl (C=O) groups is 1. The zero-order valence-corrected chi connectivity index (χ0v) is 8.93. The Labute approximate surface area is 92.1 Å². The lowest BCUT2D eigenvalue weighted by atomic mass is 10.2. The van der Waals surface area contributed by atoms with Gasteiger partial charge < -0.3 is 5.11 Å². The Kier molecular flexibility index (Phi) is 2.28. The van der Waals surface area contributed by atoms with E-state index in [0.29, 0.717) is 14.6 Å². The first-order valence-electron chi connectivity index (χ1n) is 4.00. The number of para-hydroxylation sites is 1. The number of benzene rings is 1. The maximum atomic E-state index is 11.6. The molecule has 0 unspecified atom stereocenters. The molecule has 1 N–H and O–H groups in total. The fourth-order valence-corrected chi connectivity index (χ4v) is 1.72. The van der Waals surface area contributed by atoms with E-state index >= 15 is 0 Å². The smallest absolute Gasteiger partial charge is 0.419 e. The van der Waals surface area contributed by atoms with Crippen LogP contribution in [0.2, 0.25) is 0 Å². The van der Waals surface area contributed by atoms with Gasteiger partial charge in [-0.2, -0.15) is 0 Å². The van der Waals surface area contributed by atoms with Crippen molar-refractivity contribution in [3.63, 3.8) is 0 Å². The molecule has 2 rings (SSSR count). The van der Waals surface area contributed by atoms with Gasteiger partial charge in [-0.05, 0) is 28.1 Å². The van der Waals surface area contributed by atoms with Crippen LogP contribution >= 0.6 is 15.9 Å². The summed E-state index contributed by atoms with van der Waals surface area (Å²) in [6, 6.07) is 4.93. The van der Waals surface area contributed by atoms with Crippen molar-refractivity contribution in [1.29, 1.82) is 0 Å². The molecule has 0 fully saturated rings. The van der Waals surface area contributed by atoms with E-state index in [2.05, 4.69) is 20.9 Å². The third-order valence-corrected chi connectivity index (χ3v) is 2.58. The first-order chi connectivity index (χ1) is 7.11. The second-order valence-corrected chi connectivity index (χ2v) is 3.69. The molecule has 0 amide bonds. The summed E-state index contributed by atoms with van der Waals surface area (Å²) in [5.74, 6) is 0. The van der Waals surface area contributed by atoms with E-state index in [-0.39, 0.29) is 5.39 Å². The summed E-state index contributed by atoms with van der Waals surface area (Å²) in [5, 5.41) is 8.98. The first-order valence-corrected chi connectivity index (χ1v) is 4.80. The van der Waals surface area contributed by atoms with Crippen molar-refractivity contribution in [2.75, 3.05) is 0 Å². The van der Waals surface area contributed by atoms with Crippen LogP contribution in [-0.4, -0.2) is 20.8 Å². The molecule has 5 nitrogen and oxygen atoms in total. The molecule has 1 aromatic carbocycles. The molecule has 2 aromatic rings. The summed E-state index contributed by atoms with van der Waals surface area (Å²) < 4.78 is 1.21. The minimum Gasteiger partial charge on any atom is -0.464 e. The van der Waals surface area contributed by atoms with Crippen LogP contribution in [0, 0.1) is 0 Å². The van der Waals surface area contributed by atoms with Gasteiger partial charge in [0.2, 0.25) is 0 Å². The number of aromatic nitrogens is 2. The highest BCUT2D eigenvalue weighted by Gasteiger charge is 2.09. The van der Waals surface area contributed by atoms with Crippen LogP contribution in [0.15, 0.2) is 33.8 Å². The normalized spacial score (nSPS) is 10.5. The van der Waals surface area contributed by atoms with E-state index in [0.717, 1.165) is 6.33 Å². The summed E-state index contributed by atoms with van der Waals surface area (Å²) in [7, 11) is 0. The maximum Gasteiger partial charge on any atom is 0.419 e. The lowest BCUT2D eigenvalue weighted by Crippen LogP contribution is -2.25. The second-order valence-electron chi connectivity index (χ2n) is 2.84. The van der Waals surface area contributed by atoms with Gasteiger partial charge in [-0.1, -0.05) is 6.07 Å². The summed E-state index contributed by atoms with van der Waals surface area (Å²) in [6.07, 6.45) is -0.341. The molecule has 1 aromatic heterocycles. The van der Waals surface area contributed by atoms with Gasteiger partial charge in [-0.25, -0.2) is 14.3 Å². The van der Waals surface area contributed by atoms with Crippen molar-refractivity contribution in [3.8, 4) is 0 Å². The molecule has 0 atom stereocenters. The number of halogens is 1. The molecule has 0 saturated heterocycles. The van der Waals surface area contributed by atoms with E-state index in [1.165, 1.54) is 6.07 Å². The van der Waals surface area contributed by atoms with Gasteiger partial charge in [0.05, 0.1) is 10.9 Å². The number of nitrogens with zero attached hydrogens (tertiary/aromatic N) is 2. The SMILES string of the molecule is O=C(O)n1cnc2c(Br)cccc2c1=O. The lowest BCUT2D eigenvalue weighted by molar-refractivity contribution is 0.195. The zero-order chi connectivity index (χ0) is 11.0. The van der Waals surface area contributed by atoms with Crippen molar-refractivity contribution < 1.29 is 9.90 Å². The molecule has 0 bridgehead atoms. The third-order valence-electron chi connectivity index (χ3n) is 1.94. The number of carboxylic acid groups (broad SMARTS) is 1. The maximum absolute atomic E-state index is 11.6. The molecule has 0 aliphatic carbocycles. The molecule has 0 saturated carbocycles. The van der Waals surface area contributed by atoms with Crippen LogP contribution in [0.1, 0.15) is 0 Å². The average Bonchev–Trinajstić information content (AvgIpc) is 2.19. The Hall–Kier alpha value is -1.69. The van der Waals surface area contributed by atoms with E-state index in [1.807, 2.05) is 0 Å². The molecule has 0 aliphatic rings. The number of fused-ring (bicyclic) bond motifs is 1. The van der Waals surface area contributed by atoms with Gasteiger partial charge in [-0.3, -0.25) is 4.79 Å². The van der Waals surface area contributed by atoms with E-state index in [4.69, 9.17) is 5.11 Å². The highest BCUT2D eigenvalue weighted by Crippen LogP contribution is 2.18. The third kappa shape index (κ3) is 1.52. The molecule has 0 radical (unpaired) electrons. The number of rotatable bonds is 0. The highest BCUT2D eigenvalue weighted by atomic mass is 79.9. The average molecular weight is 269 g/mol. The van der Waals surface area contributed by atoms with Crippen molar-refractivity contribution in [2.45, 2.75) is 0 Å². The summed E-state index contributed by atoms with van der Waals surface area (Å²) >= 11 is 3.23. The minimum atomic E-state index is -1.34. The Morgan fingerprint density at radius 3 is 2.87 bits per heavy atom. The Bertz CT molecular complexity index is 606.